The number of carbonyl (C=O) groups excluding carboxylic acids is 1. The Hall–Kier alpha value is -2.53. The number of nitrogens with zero attached hydrogens (tertiary/aromatic N) is 1. The van der Waals surface area contributed by atoms with E-state index in [9.17, 15) is 4.79 Å². The van der Waals surface area contributed by atoms with E-state index in [0.29, 0.717) is 24.5 Å². The Morgan fingerprint density at radius 3 is 2.25 bits per heavy atom. The number of hydrogen-bond acceptors (Lipinski definition) is 4. The fourth-order valence-electron chi connectivity index (χ4n) is 3.43. The van der Waals surface area contributed by atoms with Crippen molar-refractivity contribution in [1.29, 1.82) is 0 Å². The van der Waals surface area contributed by atoms with Crippen molar-refractivity contribution in [3.63, 3.8) is 0 Å². The molecule has 0 heterocycles. The molecule has 1 amide bonds. The number of methoxy groups -OCH3 is 2. The van der Waals surface area contributed by atoms with Crippen LogP contribution in [0, 0.1) is 0 Å². The minimum atomic E-state index is 0.0115. The minimum absolute atomic E-state index is 0.0115. The second-order valence-electron chi connectivity index (χ2n) is 6.73. The van der Waals surface area contributed by atoms with Crippen LogP contribution in [0.4, 0.5) is 0 Å². The predicted molar refractivity (Wildman–Crippen MR) is 113 cm³/mol. The minimum Gasteiger partial charge on any atom is -0.493 e. The lowest BCUT2D eigenvalue weighted by Gasteiger charge is -2.30. The van der Waals surface area contributed by atoms with Crippen LogP contribution in [0.25, 0.3) is 0 Å². The van der Waals surface area contributed by atoms with Gasteiger partial charge in [-0.2, -0.15) is 0 Å². The van der Waals surface area contributed by atoms with Crippen LogP contribution in [0.2, 0.25) is 0 Å². The number of hydrogen-bond donors (Lipinski definition) is 1. The average molecular weight is 385 g/mol. The van der Waals surface area contributed by atoms with Crippen LogP contribution in [0.3, 0.4) is 0 Å². The van der Waals surface area contributed by atoms with Gasteiger partial charge in [-0.1, -0.05) is 50.2 Å². The molecule has 152 valence electrons. The zero-order chi connectivity index (χ0) is 20.4. The summed E-state index contributed by atoms with van der Waals surface area (Å²) in [6.45, 7) is 6.86. The highest BCUT2D eigenvalue weighted by molar-refractivity contribution is 5.78. The van der Waals surface area contributed by atoms with Crippen molar-refractivity contribution in [1.82, 2.24) is 10.2 Å². The number of carbonyl (C=O) groups is 1. The lowest BCUT2D eigenvalue weighted by Crippen LogP contribution is -2.45. The van der Waals surface area contributed by atoms with Crippen molar-refractivity contribution >= 4 is 5.91 Å². The first-order valence-electron chi connectivity index (χ1n) is 9.86. The highest BCUT2D eigenvalue weighted by atomic mass is 16.5. The maximum Gasteiger partial charge on any atom is 0.224 e. The van der Waals surface area contributed by atoms with Gasteiger partial charge in [0.2, 0.25) is 5.91 Å². The third-order valence-electron chi connectivity index (χ3n) is 4.99. The van der Waals surface area contributed by atoms with Crippen molar-refractivity contribution in [3.05, 3.63) is 59.7 Å². The summed E-state index contributed by atoms with van der Waals surface area (Å²) in [5.41, 5.74) is 2.19. The molecule has 0 radical (unpaired) electrons. The van der Waals surface area contributed by atoms with Crippen LogP contribution in [0.15, 0.2) is 48.5 Å². The SMILES string of the molecule is CCN(CC)C(CNC(=O)Cc1ccc(OC)c(OC)c1)Cc1ccccc1. The molecule has 1 unspecified atom stereocenters. The van der Waals surface area contributed by atoms with Gasteiger partial charge in [0.25, 0.3) is 0 Å². The first-order chi connectivity index (χ1) is 13.6. The zero-order valence-electron chi connectivity index (χ0n) is 17.4. The molecular weight excluding hydrogens is 352 g/mol. The maximum atomic E-state index is 12.5. The molecule has 28 heavy (non-hydrogen) atoms. The van der Waals surface area contributed by atoms with Crippen molar-refractivity contribution in [2.24, 2.45) is 0 Å². The van der Waals surface area contributed by atoms with Crippen LogP contribution in [-0.2, 0) is 17.6 Å². The molecule has 0 bridgehead atoms. The lowest BCUT2D eigenvalue weighted by atomic mass is 10.0. The van der Waals surface area contributed by atoms with Gasteiger partial charge < -0.3 is 14.8 Å². The summed E-state index contributed by atoms with van der Waals surface area (Å²) in [6.07, 6.45) is 1.23. The molecule has 5 nitrogen and oxygen atoms in total. The summed E-state index contributed by atoms with van der Waals surface area (Å²) in [6, 6.07) is 16.3. The molecule has 2 rings (SSSR count). The highest BCUT2D eigenvalue weighted by Crippen LogP contribution is 2.27. The van der Waals surface area contributed by atoms with Gasteiger partial charge in [-0.05, 0) is 42.8 Å². The quantitative estimate of drug-likeness (QED) is 0.646. The van der Waals surface area contributed by atoms with Gasteiger partial charge >= 0.3 is 0 Å². The topological polar surface area (TPSA) is 50.8 Å². The summed E-state index contributed by atoms with van der Waals surface area (Å²) in [4.78, 5) is 14.9. The molecule has 0 aliphatic heterocycles. The fourth-order valence-corrected chi connectivity index (χ4v) is 3.43. The van der Waals surface area contributed by atoms with Gasteiger partial charge in [-0.3, -0.25) is 9.69 Å². The van der Waals surface area contributed by atoms with Gasteiger partial charge in [-0.15, -0.1) is 0 Å². The maximum absolute atomic E-state index is 12.5. The van der Waals surface area contributed by atoms with E-state index in [1.165, 1.54) is 5.56 Å². The first-order valence-corrected chi connectivity index (χ1v) is 9.86. The molecule has 5 heteroatoms. The van der Waals surface area contributed by atoms with Gasteiger partial charge in [0.05, 0.1) is 20.6 Å². The van der Waals surface area contributed by atoms with Gasteiger partial charge in [0.15, 0.2) is 11.5 Å². The van der Waals surface area contributed by atoms with E-state index < -0.39 is 0 Å². The largest absolute Gasteiger partial charge is 0.493 e. The van der Waals surface area contributed by atoms with Crippen molar-refractivity contribution in [2.45, 2.75) is 32.7 Å². The van der Waals surface area contributed by atoms with Gasteiger partial charge in [0, 0.05) is 12.6 Å². The van der Waals surface area contributed by atoms with Crippen LogP contribution >= 0.6 is 0 Å². The van der Waals surface area contributed by atoms with Crippen molar-refractivity contribution in [2.75, 3.05) is 33.9 Å². The van der Waals surface area contributed by atoms with Crippen LogP contribution in [0.5, 0.6) is 11.5 Å². The fraction of sp³-hybridized carbons (Fsp3) is 0.435. The average Bonchev–Trinajstić information content (AvgIpc) is 2.73. The molecule has 0 aliphatic rings. The van der Waals surface area contributed by atoms with E-state index in [2.05, 4.69) is 48.3 Å². The number of nitrogens with one attached hydrogen (secondary N) is 1. The molecular formula is C23H32N2O3. The second-order valence-corrected chi connectivity index (χ2v) is 6.73. The van der Waals surface area contributed by atoms with E-state index in [-0.39, 0.29) is 11.9 Å². The molecule has 1 N–H and O–H groups in total. The van der Waals surface area contributed by atoms with Gasteiger partial charge in [-0.25, -0.2) is 0 Å². The zero-order valence-corrected chi connectivity index (χ0v) is 17.4. The molecule has 0 fully saturated rings. The van der Waals surface area contributed by atoms with Crippen LogP contribution in [0.1, 0.15) is 25.0 Å². The van der Waals surface area contributed by atoms with E-state index in [1.54, 1.807) is 14.2 Å². The Bertz CT molecular complexity index is 730. The molecule has 2 aromatic carbocycles. The third-order valence-corrected chi connectivity index (χ3v) is 4.99. The Morgan fingerprint density at radius 2 is 1.64 bits per heavy atom. The molecule has 0 aromatic heterocycles. The molecule has 0 saturated heterocycles. The van der Waals surface area contributed by atoms with Gasteiger partial charge in [0.1, 0.15) is 0 Å². The Morgan fingerprint density at radius 1 is 0.964 bits per heavy atom. The second kappa shape index (κ2) is 11.3. The number of likely N-dealkylation sites (N-methyl/N-ethyl adjacent to an activating group) is 1. The lowest BCUT2D eigenvalue weighted by molar-refractivity contribution is -0.120. The summed E-state index contributed by atoms with van der Waals surface area (Å²) in [5.74, 6) is 1.31. The number of amides is 1. The first kappa shape index (κ1) is 21.8. The third kappa shape index (κ3) is 6.27. The smallest absolute Gasteiger partial charge is 0.224 e. The summed E-state index contributed by atoms with van der Waals surface area (Å²) in [7, 11) is 3.20. The highest BCUT2D eigenvalue weighted by Gasteiger charge is 2.17. The van der Waals surface area contributed by atoms with E-state index >= 15 is 0 Å². The Kier molecular flexibility index (Phi) is 8.82. The predicted octanol–water partition coefficient (Wildman–Crippen LogP) is 3.32. The van der Waals surface area contributed by atoms with Crippen LogP contribution in [-0.4, -0.2) is 50.7 Å². The summed E-state index contributed by atoms with van der Waals surface area (Å²) >= 11 is 0. The van der Waals surface area contributed by atoms with E-state index in [0.717, 1.165) is 25.1 Å². The van der Waals surface area contributed by atoms with Crippen molar-refractivity contribution < 1.29 is 14.3 Å². The molecule has 1 atom stereocenters. The monoisotopic (exact) mass is 384 g/mol. The Labute approximate surface area is 168 Å². The molecule has 0 saturated carbocycles. The number of rotatable bonds is 11. The Balaban J connectivity index is 1.98. The summed E-state index contributed by atoms with van der Waals surface area (Å²) < 4.78 is 10.6. The van der Waals surface area contributed by atoms with E-state index in [1.807, 2.05) is 24.3 Å². The number of benzene rings is 2. The van der Waals surface area contributed by atoms with Crippen molar-refractivity contribution in [3.8, 4) is 11.5 Å². The number of ether oxygens (including phenoxy) is 2. The standard InChI is InChI=1S/C23H32N2O3/c1-5-25(6-2)20(14-18-10-8-7-9-11-18)17-24-23(26)16-19-12-13-21(27-3)22(15-19)28-4/h7-13,15,20H,5-6,14,16-17H2,1-4H3,(H,24,26). The van der Waals surface area contributed by atoms with Crippen LogP contribution < -0.4 is 14.8 Å². The molecule has 0 spiro atoms. The van der Waals surface area contributed by atoms with E-state index in [4.69, 9.17) is 9.47 Å². The summed E-state index contributed by atoms with van der Waals surface area (Å²) in [5, 5.41) is 3.11. The molecule has 0 aliphatic carbocycles. The normalized spacial score (nSPS) is 11.9. The molecule has 2 aromatic rings.